The second kappa shape index (κ2) is 4.72. The maximum Gasteiger partial charge on any atom is 0.222 e. The van der Waals surface area contributed by atoms with Crippen molar-refractivity contribution in [2.75, 3.05) is 0 Å². The summed E-state index contributed by atoms with van der Waals surface area (Å²) in [7, 11) is 0. The largest absolute Gasteiger partial charge is 0.439 e. The monoisotopic (exact) mass is 216 g/mol. The predicted molar refractivity (Wildman–Crippen MR) is 59.2 cm³/mol. The topological polar surface area (TPSA) is 55.2 Å². The molecular weight excluding hydrogens is 204 g/mol. The van der Waals surface area contributed by atoms with Crippen LogP contribution in [0.25, 0.3) is 0 Å². The van der Waals surface area contributed by atoms with Crippen LogP contribution in [0, 0.1) is 6.92 Å². The van der Waals surface area contributed by atoms with Crippen LogP contribution >= 0.6 is 0 Å². The molecule has 0 unspecified atom stereocenters. The minimum absolute atomic E-state index is 0.00000157. The highest BCUT2D eigenvalue weighted by Gasteiger charge is 2.00. The van der Waals surface area contributed by atoms with Crippen LogP contribution in [-0.4, -0.2) is 15.1 Å². The lowest BCUT2D eigenvalue weighted by atomic mass is 10.2. The zero-order valence-corrected chi connectivity index (χ0v) is 8.92. The quantitative estimate of drug-likeness (QED) is 0.853. The lowest BCUT2D eigenvalue weighted by Gasteiger charge is -2.05. The molecule has 0 aliphatic heterocycles. The van der Waals surface area contributed by atoms with Crippen molar-refractivity contribution in [3.8, 4) is 11.6 Å². The van der Waals surface area contributed by atoms with E-state index in [0.29, 0.717) is 17.5 Å². The first-order valence-electron chi connectivity index (χ1n) is 4.95. The molecule has 4 heteroatoms. The number of aryl methyl sites for hydroxylation is 1. The van der Waals surface area contributed by atoms with Crippen molar-refractivity contribution in [3.05, 3.63) is 47.9 Å². The Bertz CT molecular complexity index is 486. The number of rotatable bonds is 3. The first-order chi connectivity index (χ1) is 7.78. The lowest BCUT2D eigenvalue weighted by Crippen LogP contribution is -1.92. The fraction of sp³-hybridized carbons (Fsp3) is 0.167. The third-order valence-electron chi connectivity index (χ3n) is 2.05. The van der Waals surface area contributed by atoms with Crippen LogP contribution in [0.15, 0.2) is 36.5 Å². The van der Waals surface area contributed by atoms with E-state index in [0.717, 1.165) is 5.56 Å². The number of aromatic nitrogens is 2. The standard InChI is InChI=1S/C12H12N2O2/c1-9-13-6-5-12(14-9)16-11-4-2-3-10(7-11)8-15/h2-7,15H,8H2,1H3. The molecule has 1 heterocycles. The first kappa shape index (κ1) is 10.6. The van der Waals surface area contributed by atoms with Crippen molar-refractivity contribution in [2.45, 2.75) is 13.5 Å². The molecule has 4 nitrogen and oxygen atoms in total. The van der Waals surface area contributed by atoms with Crippen LogP contribution in [0.5, 0.6) is 11.6 Å². The Morgan fingerprint density at radius 1 is 1.31 bits per heavy atom. The number of hydrogen-bond acceptors (Lipinski definition) is 4. The molecule has 16 heavy (non-hydrogen) atoms. The molecule has 0 aliphatic carbocycles. The second-order valence-corrected chi connectivity index (χ2v) is 3.35. The molecule has 2 aromatic rings. The number of hydrogen-bond donors (Lipinski definition) is 1. The molecule has 0 fully saturated rings. The van der Waals surface area contributed by atoms with E-state index in [2.05, 4.69) is 9.97 Å². The van der Waals surface area contributed by atoms with Gasteiger partial charge in [0.25, 0.3) is 0 Å². The number of aliphatic hydroxyl groups is 1. The molecule has 1 N–H and O–H groups in total. The van der Waals surface area contributed by atoms with Crippen molar-refractivity contribution in [1.29, 1.82) is 0 Å². The summed E-state index contributed by atoms with van der Waals surface area (Å²) < 4.78 is 5.54. The van der Waals surface area contributed by atoms with E-state index in [-0.39, 0.29) is 6.61 Å². The molecule has 0 aliphatic rings. The number of nitrogens with zero attached hydrogens (tertiary/aromatic N) is 2. The van der Waals surface area contributed by atoms with Gasteiger partial charge in [-0.3, -0.25) is 0 Å². The summed E-state index contributed by atoms with van der Waals surface area (Å²) >= 11 is 0. The number of ether oxygens (including phenoxy) is 1. The summed E-state index contributed by atoms with van der Waals surface area (Å²) in [6, 6.07) is 8.94. The van der Waals surface area contributed by atoms with E-state index in [9.17, 15) is 0 Å². The number of benzene rings is 1. The predicted octanol–water partition coefficient (Wildman–Crippen LogP) is 2.07. The van der Waals surface area contributed by atoms with Gasteiger partial charge in [-0.05, 0) is 24.6 Å². The normalized spacial score (nSPS) is 10.1. The van der Waals surface area contributed by atoms with Crippen LogP contribution in [-0.2, 0) is 6.61 Å². The molecule has 0 spiro atoms. The molecule has 0 amide bonds. The van der Waals surface area contributed by atoms with Gasteiger partial charge in [0.15, 0.2) is 0 Å². The summed E-state index contributed by atoms with van der Waals surface area (Å²) in [5.41, 5.74) is 0.809. The molecule has 0 bridgehead atoms. The summed E-state index contributed by atoms with van der Waals surface area (Å²) in [6.07, 6.45) is 1.65. The Morgan fingerprint density at radius 2 is 2.19 bits per heavy atom. The summed E-state index contributed by atoms with van der Waals surface area (Å²) in [4.78, 5) is 8.11. The van der Waals surface area contributed by atoms with Crippen molar-refractivity contribution >= 4 is 0 Å². The van der Waals surface area contributed by atoms with Gasteiger partial charge in [0.1, 0.15) is 11.6 Å². The summed E-state index contributed by atoms with van der Waals surface area (Å²) in [6.45, 7) is 1.80. The summed E-state index contributed by atoms with van der Waals surface area (Å²) in [5, 5.41) is 8.99. The third kappa shape index (κ3) is 2.55. The van der Waals surface area contributed by atoms with E-state index in [1.807, 2.05) is 18.2 Å². The van der Waals surface area contributed by atoms with Crippen LogP contribution in [0.1, 0.15) is 11.4 Å². The Hall–Kier alpha value is -1.94. The highest BCUT2D eigenvalue weighted by molar-refractivity contribution is 5.31. The van der Waals surface area contributed by atoms with Gasteiger partial charge in [0.2, 0.25) is 5.88 Å². The molecule has 1 aromatic carbocycles. The highest BCUT2D eigenvalue weighted by atomic mass is 16.5. The Kier molecular flexibility index (Phi) is 3.12. The van der Waals surface area contributed by atoms with Crippen molar-refractivity contribution in [3.63, 3.8) is 0 Å². The highest BCUT2D eigenvalue weighted by Crippen LogP contribution is 2.19. The molecule has 0 radical (unpaired) electrons. The molecule has 0 saturated carbocycles. The molecular formula is C12H12N2O2. The van der Waals surface area contributed by atoms with Gasteiger partial charge in [-0.15, -0.1) is 0 Å². The van der Waals surface area contributed by atoms with Gasteiger partial charge in [-0.2, -0.15) is 4.98 Å². The smallest absolute Gasteiger partial charge is 0.222 e. The zero-order valence-electron chi connectivity index (χ0n) is 8.92. The van der Waals surface area contributed by atoms with E-state index < -0.39 is 0 Å². The second-order valence-electron chi connectivity index (χ2n) is 3.35. The van der Waals surface area contributed by atoms with Crippen LogP contribution < -0.4 is 4.74 Å². The Balaban J connectivity index is 2.20. The molecule has 1 aromatic heterocycles. The van der Waals surface area contributed by atoms with Crippen LogP contribution in [0.4, 0.5) is 0 Å². The SMILES string of the molecule is Cc1nccc(Oc2cccc(CO)c2)n1. The van der Waals surface area contributed by atoms with Crippen molar-refractivity contribution < 1.29 is 9.84 Å². The van der Waals surface area contributed by atoms with Gasteiger partial charge in [-0.25, -0.2) is 4.98 Å². The Morgan fingerprint density at radius 3 is 2.94 bits per heavy atom. The van der Waals surface area contributed by atoms with E-state index in [4.69, 9.17) is 9.84 Å². The van der Waals surface area contributed by atoms with E-state index in [1.54, 1.807) is 25.3 Å². The van der Waals surface area contributed by atoms with Gasteiger partial charge in [0.05, 0.1) is 6.61 Å². The average molecular weight is 216 g/mol. The van der Waals surface area contributed by atoms with Gasteiger partial charge >= 0.3 is 0 Å². The average Bonchev–Trinajstić information content (AvgIpc) is 2.29. The summed E-state index contributed by atoms with van der Waals surface area (Å²) in [5.74, 6) is 1.82. The molecule has 2 rings (SSSR count). The maximum absolute atomic E-state index is 8.99. The fourth-order valence-corrected chi connectivity index (χ4v) is 1.32. The number of aliphatic hydroxyl groups excluding tert-OH is 1. The van der Waals surface area contributed by atoms with E-state index in [1.165, 1.54) is 0 Å². The van der Waals surface area contributed by atoms with Crippen LogP contribution in [0.3, 0.4) is 0 Å². The minimum atomic E-state index is 0.00000157. The van der Waals surface area contributed by atoms with Gasteiger partial charge < -0.3 is 9.84 Å². The van der Waals surface area contributed by atoms with Gasteiger partial charge in [-0.1, -0.05) is 12.1 Å². The fourth-order valence-electron chi connectivity index (χ4n) is 1.32. The van der Waals surface area contributed by atoms with Gasteiger partial charge in [0, 0.05) is 12.3 Å². The molecule has 82 valence electrons. The van der Waals surface area contributed by atoms with E-state index >= 15 is 0 Å². The lowest BCUT2D eigenvalue weighted by molar-refractivity contribution is 0.281. The Labute approximate surface area is 93.6 Å². The van der Waals surface area contributed by atoms with Crippen LogP contribution in [0.2, 0.25) is 0 Å². The van der Waals surface area contributed by atoms with Crippen molar-refractivity contribution in [2.24, 2.45) is 0 Å². The first-order valence-corrected chi connectivity index (χ1v) is 4.95. The minimum Gasteiger partial charge on any atom is -0.439 e. The zero-order chi connectivity index (χ0) is 11.4. The molecule has 0 atom stereocenters. The van der Waals surface area contributed by atoms with Crippen molar-refractivity contribution in [1.82, 2.24) is 9.97 Å². The third-order valence-corrected chi connectivity index (χ3v) is 2.05. The maximum atomic E-state index is 8.99. The molecule has 0 saturated heterocycles.